The predicted molar refractivity (Wildman–Crippen MR) is 83.5 cm³/mol. The van der Waals surface area contributed by atoms with Gasteiger partial charge in [-0.3, -0.25) is 9.80 Å². The molecule has 3 nitrogen and oxygen atoms in total. The highest BCUT2D eigenvalue weighted by molar-refractivity contribution is 5.14. The van der Waals surface area contributed by atoms with E-state index in [1.807, 2.05) is 0 Å². The standard InChI is InChI=1S/C17H27N3/c18-12-16-8-4-9-17-14-19(10-5-11-20(16)17)13-15-6-2-1-3-7-15/h1-3,6-7,16-17H,4-5,8-14,18H2. The molecule has 0 amide bonds. The van der Waals surface area contributed by atoms with Gasteiger partial charge in [-0.05, 0) is 31.4 Å². The fraction of sp³-hybridized carbons (Fsp3) is 0.647. The van der Waals surface area contributed by atoms with Crippen molar-refractivity contribution in [3.8, 4) is 0 Å². The van der Waals surface area contributed by atoms with E-state index >= 15 is 0 Å². The summed E-state index contributed by atoms with van der Waals surface area (Å²) in [6.07, 6.45) is 5.27. The minimum atomic E-state index is 0.630. The van der Waals surface area contributed by atoms with Crippen molar-refractivity contribution in [3.63, 3.8) is 0 Å². The molecule has 1 aromatic rings. The summed E-state index contributed by atoms with van der Waals surface area (Å²) in [5, 5.41) is 0. The molecule has 3 rings (SSSR count). The Balaban J connectivity index is 1.64. The molecule has 0 aromatic heterocycles. The van der Waals surface area contributed by atoms with Crippen LogP contribution in [-0.2, 0) is 6.54 Å². The molecule has 3 heteroatoms. The highest BCUT2D eigenvalue weighted by atomic mass is 15.3. The fourth-order valence-electron chi connectivity index (χ4n) is 3.88. The Morgan fingerprint density at radius 2 is 1.90 bits per heavy atom. The Labute approximate surface area is 122 Å². The molecule has 2 heterocycles. The first kappa shape index (κ1) is 14.1. The molecule has 2 N–H and O–H groups in total. The van der Waals surface area contributed by atoms with Crippen molar-refractivity contribution in [1.82, 2.24) is 9.80 Å². The summed E-state index contributed by atoms with van der Waals surface area (Å²) in [5.74, 6) is 0. The van der Waals surface area contributed by atoms with Crippen molar-refractivity contribution in [1.29, 1.82) is 0 Å². The third kappa shape index (κ3) is 3.22. The lowest BCUT2D eigenvalue weighted by atomic mass is 9.95. The topological polar surface area (TPSA) is 32.5 Å². The Kier molecular flexibility index (Phi) is 4.71. The van der Waals surface area contributed by atoms with E-state index in [1.165, 1.54) is 50.9 Å². The summed E-state index contributed by atoms with van der Waals surface area (Å²) in [6, 6.07) is 12.2. The molecule has 2 unspecified atom stereocenters. The van der Waals surface area contributed by atoms with E-state index in [0.717, 1.165) is 19.1 Å². The molecule has 20 heavy (non-hydrogen) atoms. The van der Waals surface area contributed by atoms with Crippen molar-refractivity contribution >= 4 is 0 Å². The summed E-state index contributed by atoms with van der Waals surface area (Å²) < 4.78 is 0. The molecule has 0 radical (unpaired) electrons. The summed E-state index contributed by atoms with van der Waals surface area (Å²) in [4.78, 5) is 5.34. The molecule has 0 spiro atoms. The molecule has 2 aliphatic heterocycles. The van der Waals surface area contributed by atoms with E-state index in [9.17, 15) is 0 Å². The second kappa shape index (κ2) is 6.70. The molecular formula is C17H27N3. The zero-order valence-corrected chi connectivity index (χ0v) is 12.4. The van der Waals surface area contributed by atoms with Crippen LogP contribution in [-0.4, -0.2) is 48.1 Å². The largest absolute Gasteiger partial charge is 0.329 e. The van der Waals surface area contributed by atoms with Gasteiger partial charge in [0.2, 0.25) is 0 Å². The van der Waals surface area contributed by atoms with Gasteiger partial charge < -0.3 is 5.73 Å². The number of hydrogen-bond acceptors (Lipinski definition) is 3. The average Bonchev–Trinajstić information content (AvgIpc) is 2.69. The van der Waals surface area contributed by atoms with Crippen LogP contribution in [0.5, 0.6) is 0 Å². The minimum absolute atomic E-state index is 0.630. The number of fused-ring (bicyclic) bond motifs is 1. The number of nitrogens with zero attached hydrogens (tertiary/aromatic N) is 2. The van der Waals surface area contributed by atoms with Crippen molar-refractivity contribution < 1.29 is 0 Å². The van der Waals surface area contributed by atoms with Crippen LogP contribution < -0.4 is 5.73 Å². The minimum Gasteiger partial charge on any atom is -0.329 e. The van der Waals surface area contributed by atoms with E-state index in [-0.39, 0.29) is 0 Å². The number of benzene rings is 1. The SMILES string of the molecule is NCC1CCCC2CN(Cc3ccccc3)CCCN12. The average molecular weight is 273 g/mol. The maximum absolute atomic E-state index is 5.96. The van der Waals surface area contributed by atoms with Crippen molar-refractivity contribution in [2.45, 2.75) is 44.3 Å². The summed E-state index contributed by atoms with van der Waals surface area (Å²) >= 11 is 0. The summed E-state index contributed by atoms with van der Waals surface area (Å²) in [6.45, 7) is 5.59. The van der Waals surface area contributed by atoms with E-state index in [0.29, 0.717) is 6.04 Å². The molecular weight excluding hydrogens is 246 g/mol. The first-order chi connectivity index (χ1) is 9.86. The zero-order chi connectivity index (χ0) is 13.8. The number of rotatable bonds is 3. The molecule has 2 saturated heterocycles. The Bertz CT molecular complexity index is 406. The van der Waals surface area contributed by atoms with E-state index in [4.69, 9.17) is 5.73 Å². The Hall–Kier alpha value is -0.900. The highest BCUT2D eigenvalue weighted by Crippen LogP contribution is 2.26. The van der Waals surface area contributed by atoms with Gasteiger partial charge in [-0.1, -0.05) is 36.8 Å². The van der Waals surface area contributed by atoms with E-state index in [2.05, 4.69) is 40.1 Å². The summed E-state index contributed by atoms with van der Waals surface area (Å²) in [7, 11) is 0. The first-order valence-corrected chi connectivity index (χ1v) is 8.09. The quantitative estimate of drug-likeness (QED) is 0.915. The van der Waals surface area contributed by atoms with Gasteiger partial charge in [0, 0.05) is 38.3 Å². The van der Waals surface area contributed by atoms with Gasteiger partial charge in [-0.25, -0.2) is 0 Å². The van der Waals surface area contributed by atoms with Gasteiger partial charge in [0.15, 0.2) is 0 Å². The maximum Gasteiger partial charge on any atom is 0.0234 e. The molecule has 110 valence electrons. The summed E-state index contributed by atoms with van der Waals surface area (Å²) in [5.41, 5.74) is 7.40. The van der Waals surface area contributed by atoms with Crippen LogP contribution in [0.15, 0.2) is 30.3 Å². The molecule has 0 bridgehead atoms. The van der Waals surface area contributed by atoms with Gasteiger partial charge in [0.1, 0.15) is 0 Å². The molecule has 0 aliphatic carbocycles. The van der Waals surface area contributed by atoms with Crippen LogP contribution >= 0.6 is 0 Å². The van der Waals surface area contributed by atoms with Gasteiger partial charge in [0.05, 0.1) is 0 Å². The van der Waals surface area contributed by atoms with Crippen LogP contribution in [0.2, 0.25) is 0 Å². The van der Waals surface area contributed by atoms with Crippen molar-refractivity contribution in [2.24, 2.45) is 5.73 Å². The molecule has 1 aromatic carbocycles. The first-order valence-electron chi connectivity index (χ1n) is 8.09. The zero-order valence-electron chi connectivity index (χ0n) is 12.4. The number of hydrogen-bond donors (Lipinski definition) is 1. The monoisotopic (exact) mass is 273 g/mol. The third-order valence-corrected chi connectivity index (χ3v) is 4.89. The van der Waals surface area contributed by atoms with Crippen LogP contribution in [0.1, 0.15) is 31.2 Å². The maximum atomic E-state index is 5.96. The normalized spacial score (nSPS) is 28.9. The van der Waals surface area contributed by atoms with Crippen LogP contribution in [0, 0.1) is 0 Å². The Morgan fingerprint density at radius 3 is 2.70 bits per heavy atom. The van der Waals surface area contributed by atoms with E-state index in [1.54, 1.807) is 0 Å². The third-order valence-electron chi connectivity index (χ3n) is 4.89. The van der Waals surface area contributed by atoms with Gasteiger partial charge in [-0.15, -0.1) is 0 Å². The van der Waals surface area contributed by atoms with Gasteiger partial charge >= 0.3 is 0 Å². The Morgan fingerprint density at radius 1 is 1.05 bits per heavy atom. The van der Waals surface area contributed by atoms with Crippen LogP contribution in [0.4, 0.5) is 0 Å². The molecule has 2 fully saturated rings. The van der Waals surface area contributed by atoms with Crippen LogP contribution in [0.3, 0.4) is 0 Å². The molecule has 2 aliphatic rings. The highest BCUT2D eigenvalue weighted by Gasteiger charge is 2.32. The lowest BCUT2D eigenvalue weighted by Crippen LogP contribution is -2.52. The lowest BCUT2D eigenvalue weighted by Gasteiger charge is -2.41. The van der Waals surface area contributed by atoms with Crippen molar-refractivity contribution in [2.75, 3.05) is 26.2 Å². The van der Waals surface area contributed by atoms with Gasteiger partial charge in [0.25, 0.3) is 0 Å². The second-order valence-corrected chi connectivity index (χ2v) is 6.29. The van der Waals surface area contributed by atoms with E-state index < -0.39 is 0 Å². The van der Waals surface area contributed by atoms with Crippen molar-refractivity contribution in [3.05, 3.63) is 35.9 Å². The number of piperidine rings is 1. The fourth-order valence-corrected chi connectivity index (χ4v) is 3.88. The lowest BCUT2D eigenvalue weighted by molar-refractivity contribution is 0.0825. The predicted octanol–water partition coefficient (Wildman–Crippen LogP) is 2.07. The van der Waals surface area contributed by atoms with Gasteiger partial charge in [-0.2, -0.15) is 0 Å². The number of nitrogens with two attached hydrogens (primary N) is 1. The molecule has 2 atom stereocenters. The smallest absolute Gasteiger partial charge is 0.0234 e. The molecule has 0 saturated carbocycles. The second-order valence-electron chi connectivity index (χ2n) is 6.29. The van der Waals surface area contributed by atoms with Crippen LogP contribution in [0.25, 0.3) is 0 Å².